The lowest BCUT2D eigenvalue weighted by Crippen LogP contribution is -2.48. The molecule has 562 valence electrons. The molecule has 20 N–H and O–H groups in total. The first-order chi connectivity index (χ1) is 46.1. The van der Waals surface area contributed by atoms with Crippen molar-refractivity contribution in [2.45, 2.75) is 310 Å². The molecule has 0 aromatic heterocycles. The van der Waals surface area contributed by atoms with E-state index in [1.165, 1.54) is 0 Å². The van der Waals surface area contributed by atoms with Crippen LogP contribution in [0.5, 0.6) is 5.75 Å². The van der Waals surface area contributed by atoms with Crippen LogP contribution in [0, 0.1) is 35.5 Å². The Morgan fingerprint density at radius 1 is 0.316 bits per heavy atom. The Morgan fingerprint density at radius 3 is 0.735 bits per heavy atom. The highest BCUT2D eigenvalue weighted by molar-refractivity contribution is 5.85. The van der Waals surface area contributed by atoms with Gasteiger partial charge in [0.25, 0.3) is 0 Å². The largest absolute Gasteiger partial charge is 0.508 e. The highest BCUT2D eigenvalue weighted by Crippen LogP contribution is 2.19. The van der Waals surface area contributed by atoms with E-state index in [0.29, 0.717) is 116 Å². The smallest absolute Gasteiger partial charge is 0.222 e. The van der Waals surface area contributed by atoms with Crippen LogP contribution >= 0.6 is 0 Å². The van der Waals surface area contributed by atoms with Crippen LogP contribution in [0.4, 0.5) is 0 Å². The van der Waals surface area contributed by atoms with E-state index in [0.717, 1.165) is 12.0 Å². The number of nitrogens with one attached hydrogen (secondary N) is 9. The molecule has 1 aromatic rings. The molecule has 0 aliphatic carbocycles. The van der Waals surface area contributed by atoms with Gasteiger partial charge in [0.2, 0.25) is 59.1 Å². The van der Waals surface area contributed by atoms with E-state index in [-0.39, 0.29) is 159 Å². The highest BCUT2D eigenvalue weighted by atomic mass is 16.3. The average molecular weight is 1380 g/mol. The van der Waals surface area contributed by atoms with E-state index in [2.05, 4.69) is 47.9 Å². The maximum atomic E-state index is 14.1. The monoisotopic (exact) mass is 1380 g/mol. The van der Waals surface area contributed by atoms with Crippen molar-refractivity contribution < 1.29 is 53.1 Å². The van der Waals surface area contributed by atoms with Crippen LogP contribution < -0.4 is 76.5 Å². The number of benzene rings is 1. The van der Waals surface area contributed by atoms with Crippen molar-refractivity contribution >= 4 is 59.1 Å². The second-order valence-corrected chi connectivity index (χ2v) is 30.1. The van der Waals surface area contributed by atoms with Crippen LogP contribution in [0.1, 0.15) is 249 Å². The minimum atomic E-state index is -0.584. The molecule has 0 fully saturated rings. The summed E-state index contributed by atoms with van der Waals surface area (Å²) in [6, 6.07) is 1.33. The van der Waals surface area contributed by atoms with Gasteiger partial charge in [-0.1, -0.05) is 114 Å². The average Bonchev–Trinajstić information content (AvgIpc) is 0.937. The molecule has 0 saturated heterocycles. The number of phenols is 1. The lowest BCUT2D eigenvalue weighted by Gasteiger charge is -2.27. The number of unbranched alkanes of at least 4 members (excludes halogenated alkanes) is 3. The summed E-state index contributed by atoms with van der Waals surface area (Å²) < 4.78 is 0. The molecule has 0 bridgehead atoms. The first-order valence-corrected chi connectivity index (χ1v) is 36.7. The molecule has 0 heterocycles. The number of carbonyl (C=O) groups excluding carboxylic acids is 10. The van der Waals surface area contributed by atoms with Crippen LogP contribution in [-0.4, -0.2) is 144 Å². The fourth-order valence-corrected chi connectivity index (χ4v) is 12.7. The molecule has 25 heteroatoms. The predicted octanol–water partition coefficient (Wildman–Crippen LogP) is 5.68. The molecule has 0 aliphatic heterocycles. The SMILES string of the molecule is CC(C)C[C@H](CC(=O)N[C@@H](CC(=O)N[C@H](CCCCN)CC(=O)N[C@@H](CC(=O)N[C@@H](CC(=O)N[C@H](CCCCN)CC(=O)N[C@@H](CC(=O)N[C@@H](CC(=O)N[C@H](CCCCN)CC(N)=O)CC(C)C)CC(C)C)CC(C)C)CC(C)C)CC(C)C)NC(=O)C[C@H](N)Cc1ccc(O)cc1. The van der Waals surface area contributed by atoms with E-state index in [9.17, 15) is 53.1 Å². The second-order valence-electron chi connectivity index (χ2n) is 30.1. The summed E-state index contributed by atoms with van der Waals surface area (Å²) in [7, 11) is 0. The zero-order valence-corrected chi connectivity index (χ0v) is 62.0. The van der Waals surface area contributed by atoms with Gasteiger partial charge in [-0.25, -0.2) is 0 Å². The van der Waals surface area contributed by atoms with Crippen LogP contribution in [-0.2, 0) is 54.4 Å². The summed E-state index contributed by atoms with van der Waals surface area (Å²) >= 11 is 0. The fraction of sp³-hybridized carbons (Fsp3) is 0.781. The zero-order valence-electron chi connectivity index (χ0n) is 62.0. The number of hydrogen-bond acceptors (Lipinski definition) is 15. The van der Waals surface area contributed by atoms with Gasteiger partial charge >= 0.3 is 0 Å². The van der Waals surface area contributed by atoms with Gasteiger partial charge < -0.3 is 81.6 Å². The van der Waals surface area contributed by atoms with Crippen molar-refractivity contribution in [1.82, 2.24) is 47.9 Å². The maximum absolute atomic E-state index is 14.1. The number of aromatic hydroxyl groups is 1. The Labute approximate surface area is 587 Å². The Balaban J connectivity index is 3.17. The second kappa shape index (κ2) is 50.8. The molecule has 0 saturated carbocycles. The van der Waals surface area contributed by atoms with Gasteiger partial charge in [-0.3, -0.25) is 47.9 Å². The summed E-state index contributed by atoms with van der Waals surface area (Å²) in [6.45, 7) is 25.3. The standard InChI is InChI=1S/C73H134N14O11/c1-46(2)29-57(82-65(90)36-53(77)35-52-22-24-63(88)25-23-52)43-71(96)86-59(31-48(5)6)41-69(94)80-55(20-14-17-27-75)38-67(92)84-62(34-51(11)12)45-73(98)87-60(32-49(7)8)42-70(95)81-56(21-15-18-28-76)39-66(91)83-61(33-50(9)10)44-72(97)85-58(30-47(3)4)40-68(93)79-54(37-64(78)89)19-13-16-26-74/h22-25,46-51,53-62,88H,13-21,26-45,74-77H2,1-12H3,(H2,78,89)(H,79,93)(H,80,94)(H,81,95)(H,82,90)(H,83,91)(H,84,92)(H,85,97)(H,86,96)(H,87,98)/t53-,54-,55-,56-,57-,58-,59-,60-,61-,62-/m1/s1. The van der Waals surface area contributed by atoms with E-state index in [4.69, 9.17) is 28.7 Å². The molecular weight excluding hydrogens is 1250 g/mol. The Bertz CT molecular complexity index is 2500. The molecule has 1 rings (SSSR count). The lowest BCUT2D eigenvalue weighted by atomic mass is 9.97. The molecule has 0 radical (unpaired) electrons. The number of rotatable bonds is 55. The highest BCUT2D eigenvalue weighted by Gasteiger charge is 2.30. The minimum absolute atomic E-state index is 0.00196. The normalized spacial score (nSPS) is 14.7. The number of carbonyl (C=O) groups is 10. The van der Waals surface area contributed by atoms with Crippen LogP contribution in [0.25, 0.3) is 0 Å². The number of hydrogen-bond donors (Lipinski definition) is 15. The lowest BCUT2D eigenvalue weighted by molar-refractivity contribution is -0.128. The third kappa shape index (κ3) is 46.8. The molecule has 98 heavy (non-hydrogen) atoms. The Hall–Kier alpha value is -6.44. The number of nitrogens with two attached hydrogens (primary N) is 5. The molecule has 1 aromatic carbocycles. The van der Waals surface area contributed by atoms with E-state index >= 15 is 0 Å². The third-order valence-corrected chi connectivity index (χ3v) is 16.6. The van der Waals surface area contributed by atoms with E-state index < -0.39 is 66.3 Å². The molecule has 10 atom stereocenters. The van der Waals surface area contributed by atoms with Gasteiger partial charge in [0.1, 0.15) is 5.75 Å². The molecule has 10 amide bonds. The Morgan fingerprint density at radius 2 is 0.520 bits per heavy atom. The van der Waals surface area contributed by atoms with Gasteiger partial charge in [-0.15, -0.1) is 0 Å². The van der Waals surface area contributed by atoms with Crippen molar-refractivity contribution in [3.05, 3.63) is 29.8 Å². The van der Waals surface area contributed by atoms with Gasteiger partial charge in [0.15, 0.2) is 0 Å². The zero-order chi connectivity index (χ0) is 73.9. The fourth-order valence-electron chi connectivity index (χ4n) is 12.7. The summed E-state index contributed by atoms with van der Waals surface area (Å²) in [6.07, 6.45) is 8.57. The molecule has 25 nitrogen and oxygen atoms in total. The van der Waals surface area contributed by atoms with Gasteiger partial charge in [0.05, 0.1) is 0 Å². The number of amides is 10. The molecule has 0 aliphatic rings. The maximum Gasteiger partial charge on any atom is 0.222 e. The predicted molar refractivity (Wildman–Crippen MR) is 388 cm³/mol. The van der Waals surface area contributed by atoms with Crippen molar-refractivity contribution in [1.29, 1.82) is 0 Å². The van der Waals surface area contributed by atoms with E-state index in [1.54, 1.807) is 24.3 Å². The number of phenolic OH excluding ortho intramolecular Hbond substituents is 1. The van der Waals surface area contributed by atoms with Gasteiger partial charge in [-0.2, -0.15) is 0 Å². The topological polar surface area (TPSA) is 429 Å². The van der Waals surface area contributed by atoms with Crippen LogP contribution in [0.15, 0.2) is 24.3 Å². The minimum Gasteiger partial charge on any atom is -0.508 e. The first kappa shape index (κ1) is 89.6. The van der Waals surface area contributed by atoms with Gasteiger partial charge in [-0.05, 0) is 156 Å². The quantitative estimate of drug-likeness (QED) is 0.0349. The summed E-state index contributed by atoms with van der Waals surface area (Å²) in [5.74, 6) is -2.69. The first-order valence-electron chi connectivity index (χ1n) is 36.7. The van der Waals surface area contributed by atoms with Crippen molar-refractivity contribution in [3.63, 3.8) is 0 Å². The van der Waals surface area contributed by atoms with Crippen LogP contribution in [0.2, 0.25) is 0 Å². The van der Waals surface area contributed by atoms with Crippen LogP contribution in [0.3, 0.4) is 0 Å². The molecule has 0 spiro atoms. The summed E-state index contributed by atoms with van der Waals surface area (Å²) in [5, 5.41) is 37.0. The van der Waals surface area contributed by atoms with E-state index in [1.807, 2.05) is 83.1 Å². The summed E-state index contributed by atoms with van der Waals surface area (Å²) in [4.78, 5) is 136. The molecular formula is C73H134N14O11. The van der Waals surface area contributed by atoms with Crippen molar-refractivity contribution in [3.8, 4) is 5.75 Å². The van der Waals surface area contributed by atoms with Gasteiger partial charge in [0, 0.05) is 125 Å². The number of primary amides is 1. The third-order valence-electron chi connectivity index (χ3n) is 16.6. The Kier molecular flexibility index (Phi) is 46.4. The van der Waals surface area contributed by atoms with Crippen molar-refractivity contribution in [2.24, 2.45) is 64.2 Å². The van der Waals surface area contributed by atoms with Crippen molar-refractivity contribution in [2.75, 3.05) is 19.6 Å². The molecule has 0 unspecified atom stereocenters. The summed E-state index contributed by atoms with van der Waals surface area (Å²) in [5.41, 5.74) is 30.1.